The minimum absolute atomic E-state index is 0.143. The Morgan fingerprint density at radius 2 is 1.53 bits per heavy atom. The fourth-order valence-corrected chi connectivity index (χ4v) is 2.65. The van der Waals surface area contributed by atoms with Crippen LogP contribution in [0.3, 0.4) is 0 Å². The quantitative estimate of drug-likeness (QED) is 0.913. The first-order valence-corrected chi connectivity index (χ1v) is 7.04. The van der Waals surface area contributed by atoms with Gasteiger partial charge in [-0.05, 0) is 18.2 Å². The van der Waals surface area contributed by atoms with Crippen molar-refractivity contribution in [2.45, 2.75) is 25.7 Å². The van der Waals surface area contributed by atoms with E-state index in [0.29, 0.717) is 0 Å². The topological polar surface area (TPSA) is 63.2 Å². The smallest absolute Gasteiger partial charge is 0.264 e. The summed E-state index contributed by atoms with van der Waals surface area (Å²) in [5.41, 5.74) is 0. The van der Waals surface area contributed by atoms with Crippen molar-refractivity contribution in [1.82, 2.24) is 4.72 Å². The van der Waals surface area contributed by atoms with Gasteiger partial charge in [0, 0.05) is 17.0 Å². The van der Waals surface area contributed by atoms with Crippen LogP contribution in [-0.4, -0.2) is 14.3 Å². The van der Waals surface area contributed by atoms with Gasteiger partial charge in [0.15, 0.2) is 0 Å². The van der Waals surface area contributed by atoms with Gasteiger partial charge in [-0.2, -0.15) is 0 Å². The number of rotatable bonds is 2. The third kappa shape index (κ3) is 5.39. The lowest BCUT2D eigenvalue weighted by Gasteiger charge is -2.05. The van der Waals surface area contributed by atoms with Crippen LogP contribution in [0.25, 0.3) is 0 Å². The van der Waals surface area contributed by atoms with Gasteiger partial charge < -0.3 is 0 Å². The van der Waals surface area contributed by atoms with Gasteiger partial charge in [0.05, 0.1) is 4.90 Å². The molecular formula is C10H13Cl2NO3S. The number of hydrogen-bond acceptors (Lipinski definition) is 3. The molecule has 0 spiro atoms. The molecule has 0 radical (unpaired) electrons. The molecule has 17 heavy (non-hydrogen) atoms. The molecule has 1 aromatic rings. The van der Waals surface area contributed by atoms with Crippen LogP contribution < -0.4 is 4.72 Å². The van der Waals surface area contributed by atoms with Crippen LogP contribution >= 0.6 is 23.2 Å². The van der Waals surface area contributed by atoms with Crippen molar-refractivity contribution in [3.8, 4) is 0 Å². The van der Waals surface area contributed by atoms with Crippen molar-refractivity contribution in [3.63, 3.8) is 0 Å². The second kappa shape index (κ2) is 6.83. The van der Waals surface area contributed by atoms with E-state index < -0.39 is 15.9 Å². The van der Waals surface area contributed by atoms with Crippen molar-refractivity contribution in [1.29, 1.82) is 0 Å². The third-order valence-corrected chi connectivity index (χ3v) is 3.27. The average molecular weight is 298 g/mol. The van der Waals surface area contributed by atoms with E-state index in [0.717, 1.165) is 6.92 Å². The molecule has 7 heteroatoms. The highest BCUT2D eigenvalue weighted by molar-refractivity contribution is 7.90. The maximum Gasteiger partial charge on any atom is 0.264 e. The van der Waals surface area contributed by atoms with Gasteiger partial charge in [0.1, 0.15) is 0 Å². The molecule has 1 N–H and O–H groups in total. The molecule has 96 valence electrons. The molecule has 0 fully saturated rings. The van der Waals surface area contributed by atoms with E-state index in [2.05, 4.69) is 0 Å². The molecular weight excluding hydrogens is 285 g/mol. The van der Waals surface area contributed by atoms with Crippen LogP contribution in [0.2, 0.25) is 10.0 Å². The Balaban J connectivity index is 0.00000121. The Labute approximate surface area is 111 Å². The molecule has 1 aromatic carbocycles. The summed E-state index contributed by atoms with van der Waals surface area (Å²) in [6, 6.07) is 3.81. The Morgan fingerprint density at radius 1 is 1.12 bits per heavy atom. The van der Waals surface area contributed by atoms with Gasteiger partial charge in [0.25, 0.3) is 10.0 Å². The summed E-state index contributed by atoms with van der Waals surface area (Å²) in [4.78, 5) is 10.5. The molecule has 0 bridgehead atoms. The van der Waals surface area contributed by atoms with E-state index in [4.69, 9.17) is 23.2 Å². The summed E-state index contributed by atoms with van der Waals surface area (Å²) in [6.45, 7) is 5.10. The third-order valence-electron chi connectivity index (χ3n) is 1.42. The summed E-state index contributed by atoms with van der Waals surface area (Å²) >= 11 is 11.3. The molecule has 1 amide bonds. The van der Waals surface area contributed by atoms with Crippen LogP contribution in [0.15, 0.2) is 23.1 Å². The van der Waals surface area contributed by atoms with Crippen LogP contribution in [0.5, 0.6) is 0 Å². The number of benzene rings is 1. The van der Waals surface area contributed by atoms with Crippen LogP contribution in [0.4, 0.5) is 0 Å². The minimum atomic E-state index is -3.87. The maximum atomic E-state index is 11.5. The number of carbonyl (C=O) groups is 1. The number of hydrogen-bond donors (Lipinski definition) is 1. The normalized spacial score (nSPS) is 10.2. The van der Waals surface area contributed by atoms with Gasteiger partial charge in [-0.15, -0.1) is 0 Å². The molecule has 0 aliphatic rings. The first kappa shape index (κ1) is 16.2. The molecule has 0 unspecified atom stereocenters. The maximum absolute atomic E-state index is 11.5. The van der Waals surface area contributed by atoms with Gasteiger partial charge in [-0.3, -0.25) is 4.79 Å². The van der Waals surface area contributed by atoms with Crippen LogP contribution in [0.1, 0.15) is 20.8 Å². The van der Waals surface area contributed by atoms with Crippen molar-refractivity contribution in [2.75, 3.05) is 0 Å². The summed E-state index contributed by atoms with van der Waals surface area (Å²) in [6.07, 6.45) is 0. The molecule has 0 saturated heterocycles. The zero-order valence-electron chi connectivity index (χ0n) is 9.62. The minimum Gasteiger partial charge on any atom is -0.274 e. The largest absolute Gasteiger partial charge is 0.274 e. The molecule has 4 nitrogen and oxygen atoms in total. The Bertz CT molecular complexity index is 480. The van der Waals surface area contributed by atoms with Crippen LogP contribution in [0, 0.1) is 0 Å². The molecule has 0 aliphatic heterocycles. The van der Waals surface area contributed by atoms with Crippen molar-refractivity contribution in [3.05, 3.63) is 28.2 Å². The zero-order chi connectivity index (χ0) is 13.6. The van der Waals surface area contributed by atoms with Gasteiger partial charge in [-0.1, -0.05) is 37.0 Å². The predicted molar refractivity (Wildman–Crippen MR) is 68.8 cm³/mol. The van der Waals surface area contributed by atoms with Crippen LogP contribution in [-0.2, 0) is 14.8 Å². The lowest BCUT2D eigenvalue weighted by molar-refractivity contribution is -0.117. The standard InChI is InChI=1S/C8H7Cl2NO3S.C2H6/c1-5(12)11-15(13,14)8-3-6(9)2-7(10)4-8;1-2/h2-4H,1H3,(H,11,12);1-2H3. The fraction of sp³-hybridized carbons (Fsp3) is 0.300. The molecule has 0 saturated carbocycles. The highest BCUT2D eigenvalue weighted by Gasteiger charge is 2.16. The van der Waals surface area contributed by atoms with E-state index in [1.165, 1.54) is 18.2 Å². The number of halogens is 2. The number of sulfonamides is 1. The van der Waals surface area contributed by atoms with E-state index in [1.807, 2.05) is 13.8 Å². The van der Waals surface area contributed by atoms with E-state index in [1.54, 1.807) is 4.72 Å². The Morgan fingerprint density at radius 3 is 1.88 bits per heavy atom. The first-order valence-electron chi connectivity index (χ1n) is 4.81. The summed E-state index contributed by atoms with van der Waals surface area (Å²) in [5.74, 6) is -0.675. The Hall–Kier alpha value is -0.780. The summed E-state index contributed by atoms with van der Waals surface area (Å²) in [5, 5.41) is 0.373. The second-order valence-electron chi connectivity index (χ2n) is 2.77. The monoisotopic (exact) mass is 297 g/mol. The number of amides is 1. The SMILES string of the molecule is CC.CC(=O)NS(=O)(=O)c1cc(Cl)cc(Cl)c1. The highest BCUT2D eigenvalue weighted by Crippen LogP contribution is 2.21. The van der Waals surface area contributed by atoms with Gasteiger partial charge in [-0.25, -0.2) is 13.1 Å². The lowest BCUT2D eigenvalue weighted by atomic mass is 10.4. The zero-order valence-corrected chi connectivity index (χ0v) is 11.9. The van der Waals surface area contributed by atoms with E-state index >= 15 is 0 Å². The highest BCUT2D eigenvalue weighted by atomic mass is 35.5. The molecule has 1 rings (SSSR count). The average Bonchev–Trinajstić information content (AvgIpc) is 2.17. The lowest BCUT2D eigenvalue weighted by Crippen LogP contribution is -2.28. The van der Waals surface area contributed by atoms with Crippen molar-refractivity contribution in [2.24, 2.45) is 0 Å². The fourth-order valence-electron chi connectivity index (χ4n) is 0.932. The predicted octanol–water partition coefficient (Wildman–Crippen LogP) is 2.84. The first-order chi connectivity index (χ1) is 7.81. The van der Waals surface area contributed by atoms with Crippen molar-refractivity contribution >= 4 is 39.1 Å². The molecule has 0 aromatic heterocycles. The number of nitrogens with one attached hydrogen (secondary N) is 1. The Kier molecular flexibility index (Phi) is 6.52. The molecule has 0 atom stereocenters. The van der Waals surface area contributed by atoms with Gasteiger partial charge >= 0.3 is 0 Å². The summed E-state index contributed by atoms with van der Waals surface area (Å²) in [7, 11) is -3.87. The summed E-state index contributed by atoms with van der Waals surface area (Å²) < 4.78 is 24.8. The van der Waals surface area contributed by atoms with E-state index in [9.17, 15) is 13.2 Å². The number of carbonyl (C=O) groups excluding carboxylic acids is 1. The molecule has 0 heterocycles. The molecule has 0 aliphatic carbocycles. The van der Waals surface area contributed by atoms with E-state index in [-0.39, 0.29) is 14.9 Å². The van der Waals surface area contributed by atoms with Gasteiger partial charge in [0.2, 0.25) is 5.91 Å². The second-order valence-corrected chi connectivity index (χ2v) is 5.32. The van der Waals surface area contributed by atoms with Crippen molar-refractivity contribution < 1.29 is 13.2 Å².